The molecule has 0 heterocycles. The summed E-state index contributed by atoms with van der Waals surface area (Å²) in [4.78, 5) is 24.7. The number of hydrogen-bond donors (Lipinski definition) is 0. The number of phosphoric ester groups is 1. The molecule has 0 bridgehead atoms. The quantitative estimate of drug-likeness (QED) is 0.0261. The van der Waals surface area contributed by atoms with Crippen LogP contribution in [0.3, 0.4) is 0 Å². The number of rotatable bonds is 30. The van der Waals surface area contributed by atoms with Crippen LogP contribution in [0.25, 0.3) is 0 Å². The molecule has 9 heteroatoms. The van der Waals surface area contributed by atoms with Crippen molar-refractivity contribution in [3.8, 4) is 0 Å². The number of carbonyl (C=O) groups is 1. The molecule has 2 atom stereocenters. The highest BCUT2D eigenvalue weighted by Crippen LogP contribution is 2.38. The van der Waals surface area contributed by atoms with Crippen LogP contribution in [0, 0.1) is 0 Å². The zero-order chi connectivity index (χ0) is 32.1. The van der Waals surface area contributed by atoms with E-state index in [4.69, 9.17) is 18.5 Å². The molecule has 0 fully saturated rings. The Morgan fingerprint density at radius 3 is 2.02 bits per heavy atom. The highest BCUT2D eigenvalue weighted by molar-refractivity contribution is 7.45. The fourth-order valence-electron chi connectivity index (χ4n) is 4.09. The number of esters is 1. The predicted octanol–water partition coefficient (Wildman–Crippen LogP) is 8.07. The molecule has 8 nitrogen and oxygen atoms in total. The lowest BCUT2D eigenvalue weighted by Crippen LogP contribution is -2.37. The normalized spacial score (nSPS) is 14.7. The fraction of sp³-hybridized carbons (Fsp3) is 0.794. The summed E-state index contributed by atoms with van der Waals surface area (Å²) >= 11 is 0. The van der Waals surface area contributed by atoms with Crippen LogP contribution in [-0.4, -0.2) is 70.7 Å². The second-order valence-electron chi connectivity index (χ2n) is 12.1. The van der Waals surface area contributed by atoms with Gasteiger partial charge in [0, 0.05) is 13.0 Å². The largest absolute Gasteiger partial charge is 0.756 e. The van der Waals surface area contributed by atoms with Gasteiger partial charge in [-0.1, -0.05) is 102 Å². The van der Waals surface area contributed by atoms with Crippen molar-refractivity contribution >= 4 is 13.8 Å². The van der Waals surface area contributed by atoms with E-state index >= 15 is 0 Å². The summed E-state index contributed by atoms with van der Waals surface area (Å²) in [6, 6.07) is 0. The highest BCUT2D eigenvalue weighted by Gasteiger charge is 2.20. The van der Waals surface area contributed by atoms with Gasteiger partial charge in [0.15, 0.2) is 0 Å². The smallest absolute Gasteiger partial charge is 0.306 e. The number of nitrogens with zero attached hydrogens (tertiary/aromatic N) is 1. The summed E-state index contributed by atoms with van der Waals surface area (Å²) in [7, 11) is 1.34. The second-order valence-corrected chi connectivity index (χ2v) is 13.6. The molecule has 0 aromatic heterocycles. The van der Waals surface area contributed by atoms with Crippen LogP contribution >= 0.6 is 7.82 Å². The van der Waals surface area contributed by atoms with Gasteiger partial charge in [-0.05, 0) is 44.9 Å². The lowest BCUT2D eigenvalue weighted by Gasteiger charge is -2.28. The Balaban J connectivity index is 4.32. The van der Waals surface area contributed by atoms with E-state index in [1.165, 1.54) is 25.7 Å². The van der Waals surface area contributed by atoms with Crippen molar-refractivity contribution < 1.29 is 37.3 Å². The molecule has 0 rings (SSSR count). The Bertz CT molecular complexity index is 792. The molecule has 0 aromatic carbocycles. The lowest BCUT2D eigenvalue weighted by atomic mass is 10.1. The summed E-state index contributed by atoms with van der Waals surface area (Å²) in [5, 5.41) is 0. The van der Waals surface area contributed by atoms with Gasteiger partial charge in [0.1, 0.15) is 19.3 Å². The molecule has 0 radical (unpaired) electrons. The van der Waals surface area contributed by atoms with Crippen molar-refractivity contribution in [3.05, 3.63) is 36.5 Å². The number of hydrogen-bond acceptors (Lipinski definition) is 7. The molecule has 0 saturated carbocycles. The van der Waals surface area contributed by atoms with Crippen molar-refractivity contribution in [3.63, 3.8) is 0 Å². The monoisotopic (exact) mass is 629 g/mol. The van der Waals surface area contributed by atoms with Gasteiger partial charge in [-0.25, -0.2) is 0 Å². The summed E-state index contributed by atoms with van der Waals surface area (Å²) < 4.78 is 34.1. The van der Waals surface area contributed by atoms with E-state index in [1.807, 2.05) is 21.1 Å². The van der Waals surface area contributed by atoms with Crippen molar-refractivity contribution in [2.45, 2.75) is 123 Å². The minimum absolute atomic E-state index is 0.0219. The predicted molar refractivity (Wildman–Crippen MR) is 176 cm³/mol. The molecule has 0 spiro atoms. The van der Waals surface area contributed by atoms with E-state index in [0.717, 1.165) is 70.6 Å². The minimum Gasteiger partial charge on any atom is -0.756 e. The van der Waals surface area contributed by atoms with Gasteiger partial charge in [0.2, 0.25) is 0 Å². The first-order valence-electron chi connectivity index (χ1n) is 16.7. The van der Waals surface area contributed by atoms with Crippen LogP contribution in [0.5, 0.6) is 0 Å². The topological polar surface area (TPSA) is 94.1 Å². The Hall–Kier alpha value is -1.28. The third-order valence-corrected chi connectivity index (χ3v) is 7.67. The van der Waals surface area contributed by atoms with Crippen LogP contribution in [0.4, 0.5) is 0 Å². The Morgan fingerprint density at radius 1 is 0.744 bits per heavy atom. The maximum Gasteiger partial charge on any atom is 0.306 e. The van der Waals surface area contributed by atoms with E-state index in [2.05, 4.69) is 50.3 Å². The molecule has 43 heavy (non-hydrogen) atoms. The first-order valence-corrected chi connectivity index (χ1v) is 18.2. The van der Waals surface area contributed by atoms with Gasteiger partial charge < -0.3 is 27.9 Å². The SMILES string of the molecule is CC/C=C\C/C=C\C/C=C\CCCCCCCC(=O)OC(COCCCCCCCC)COP(=O)([O-])OCC[N+](C)(C)C. The molecule has 0 saturated heterocycles. The number of ether oxygens (including phenoxy) is 2. The average Bonchev–Trinajstić information content (AvgIpc) is 2.94. The first kappa shape index (κ1) is 41.7. The van der Waals surface area contributed by atoms with Crippen molar-refractivity contribution in [2.24, 2.45) is 0 Å². The van der Waals surface area contributed by atoms with Crippen LogP contribution in [-0.2, 0) is 27.9 Å². The van der Waals surface area contributed by atoms with E-state index < -0.39 is 13.9 Å². The molecule has 0 N–H and O–H groups in total. The molecule has 0 aliphatic rings. The summed E-state index contributed by atoms with van der Waals surface area (Å²) in [6.45, 7) is 5.19. The number of phosphoric acid groups is 1. The molecular weight excluding hydrogens is 565 g/mol. The summed E-state index contributed by atoms with van der Waals surface area (Å²) in [5.41, 5.74) is 0. The van der Waals surface area contributed by atoms with Crippen LogP contribution in [0.1, 0.15) is 117 Å². The van der Waals surface area contributed by atoms with Gasteiger partial charge in [-0.3, -0.25) is 9.36 Å². The van der Waals surface area contributed by atoms with Gasteiger partial charge in [0.05, 0.1) is 34.4 Å². The lowest BCUT2D eigenvalue weighted by molar-refractivity contribution is -0.870. The van der Waals surface area contributed by atoms with E-state index in [1.54, 1.807) is 0 Å². The Kier molecular flexibility index (Phi) is 27.4. The Labute approximate surface area is 264 Å². The summed E-state index contributed by atoms with van der Waals surface area (Å²) in [6.07, 6.45) is 28.8. The third-order valence-electron chi connectivity index (χ3n) is 6.71. The van der Waals surface area contributed by atoms with Gasteiger partial charge >= 0.3 is 5.97 Å². The van der Waals surface area contributed by atoms with E-state index in [0.29, 0.717) is 24.1 Å². The van der Waals surface area contributed by atoms with Crippen molar-refractivity contribution in [2.75, 3.05) is 54.1 Å². The fourth-order valence-corrected chi connectivity index (χ4v) is 4.82. The number of quaternary nitrogens is 1. The molecule has 0 amide bonds. The molecule has 0 aliphatic carbocycles. The molecule has 252 valence electrons. The average molecular weight is 630 g/mol. The van der Waals surface area contributed by atoms with Gasteiger partial charge in [0.25, 0.3) is 7.82 Å². The van der Waals surface area contributed by atoms with Crippen LogP contribution in [0.15, 0.2) is 36.5 Å². The zero-order valence-corrected chi connectivity index (χ0v) is 29.0. The number of allylic oxidation sites excluding steroid dienone is 6. The standard InChI is InChI=1S/C34H64NO7P/c1-6-8-10-12-14-15-16-17-18-19-20-21-22-23-25-27-34(36)42-33(31-39-29-26-24-13-11-9-7-2)32-41-43(37,38)40-30-28-35(3,4)5/h8,10,14-15,17-18,33H,6-7,9,11-13,16,19-32H2,1-5H3/b10-8-,15-14-,18-17-. The van der Waals surface area contributed by atoms with Gasteiger partial charge in [-0.15, -0.1) is 0 Å². The van der Waals surface area contributed by atoms with E-state index in [9.17, 15) is 14.3 Å². The first-order chi connectivity index (χ1) is 20.6. The molecule has 0 aromatic rings. The molecule has 2 unspecified atom stereocenters. The summed E-state index contributed by atoms with van der Waals surface area (Å²) in [5.74, 6) is -0.357. The number of unbranched alkanes of at least 4 members (excludes halogenated alkanes) is 10. The van der Waals surface area contributed by atoms with Crippen molar-refractivity contribution in [1.82, 2.24) is 0 Å². The highest BCUT2D eigenvalue weighted by atomic mass is 31.2. The second kappa shape index (κ2) is 28.2. The minimum atomic E-state index is -4.51. The zero-order valence-electron chi connectivity index (χ0n) is 28.1. The third kappa shape index (κ3) is 31.9. The number of carbonyl (C=O) groups excluding carboxylic acids is 1. The van der Waals surface area contributed by atoms with Crippen LogP contribution in [0.2, 0.25) is 0 Å². The maximum atomic E-state index is 12.5. The van der Waals surface area contributed by atoms with Gasteiger partial charge in [-0.2, -0.15) is 0 Å². The maximum absolute atomic E-state index is 12.5. The van der Waals surface area contributed by atoms with Crippen LogP contribution < -0.4 is 4.89 Å². The Morgan fingerprint density at radius 2 is 1.35 bits per heavy atom. The molecular formula is C34H64NO7P. The van der Waals surface area contributed by atoms with E-state index in [-0.39, 0.29) is 25.8 Å². The number of likely N-dealkylation sites (N-methyl/N-ethyl adjacent to an activating group) is 1. The van der Waals surface area contributed by atoms with Crippen molar-refractivity contribution in [1.29, 1.82) is 0 Å². The molecule has 0 aliphatic heterocycles.